The Balaban J connectivity index is 2.05. The van der Waals surface area contributed by atoms with Crippen LogP contribution in [0, 0.1) is 5.92 Å². The van der Waals surface area contributed by atoms with Gasteiger partial charge in [-0.05, 0) is 0 Å². The van der Waals surface area contributed by atoms with Crippen LogP contribution in [-0.2, 0) is 0 Å². The summed E-state index contributed by atoms with van der Waals surface area (Å²) < 4.78 is 0. The zero-order valence-corrected chi connectivity index (χ0v) is 6.67. The van der Waals surface area contributed by atoms with Gasteiger partial charge in [0.15, 0.2) is 0 Å². The van der Waals surface area contributed by atoms with Crippen LogP contribution in [-0.4, -0.2) is 30.7 Å². The molecule has 0 bridgehead atoms. The molecule has 0 spiro atoms. The van der Waals surface area contributed by atoms with E-state index in [9.17, 15) is 0 Å². The Morgan fingerprint density at radius 1 is 1.55 bits per heavy atom. The monoisotopic (exact) mass is 157 g/mol. The van der Waals surface area contributed by atoms with E-state index in [0.29, 0.717) is 12.1 Å². The molecule has 0 aliphatic carbocycles. The maximum absolute atomic E-state index is 5.82. The lowest BCUT2D eigenvalue weighted by molar-refractivity contribution is 0.0947. The van der Waals surface area contributed by atoms with Crippen molar-refractivity contribution >= 4 is 0 Å². The third kappa shape index (κ3) is 1.15. The van der Waals surface area contributed by atoms with E-state index in [4.69, 9.17) is 5.73 Å². The quantitative estimate of drug-likeness (QED) is 0.333. The molecule has 3 unspecified atom stereocenters. The second-order valence-electron chi connectivity index (χ2n) is 3.22. The van der Waals surface area contributed by atoms with Gasteiger partial charge in [-0.2, -0.15) is 0 Å². The van der Waals surface area contributed by atoms with Gasteiger partial charge in [-0.3, -0.25) is 10.6 Å². The lowest BCUT2D eigenvalue weighted by atomic mass is 10.1. The molecule has 5 N–H and O–H groups in total. The number of hydrazine groups is 1. The average Bonchev–Trinajstić information content (AvgIpc) is 2.30. The van der Waals surface area contributed by atoms with Gasteiger partial charge >= 0.3 is 0 Å². The predicted octanol–water partition coefficient (Wildman–Crippen LogP) is -1.84. The summed E-state index contributed by atoms with van der Waals surface area (Å²) >= 11 is 0. The van der Waals surface area contributed by atoms with Crippen LogP contribution in [0.5, 0.6) is 0 Å². The second kappa shape index (κ2) is 2.69. The summed E-state index contributed by atoms with van der Waals surface area (Å²) in [5.74, 6) is 0.470. The lowest BCUT2D eigenvalue weighted by Crippen LogP contribution is -2.59. The van der Waals surface area contributed by atoms with E-state index in [1.54, 1.807) is 0 Å². The minimum atomic E-state index is 0.0902. The maximum atomic E-state index is 5.82. The first-order valence-corrected chi connectivity index (χ1v) is 4.01. The molecule has 2 fully saturated rings. The summed E-state index contributed by atoms with van der Waals surface area (Å²) in [7, 11) is 0. The molecule has 5 nitrogen and oxygen atoms in total. The standard InChI is InChI=1S/C6H15N5/c1-4-5(7)10-11-3-8-2-9-6(4)11/h4-6,8-10H,2-3,7H2,1H3. The fraction of sp³-hybridized carbons (Fsp3) is 1.00. The van der Waals surface area contributed by atoms with Crippen LogP contribution in [0.1, 0.15) is 6.92 Å². The number of nitrogens with one attached hydrogen (secondary N) is 3. The van der Waals surface area contributed by atoms with Crippen molar-refractivity contribution in [2.24, 2.45) is 11.7 Å². The van der Waals surface area contributed by atoms with Crippen molar-refractivity contribution in [3.63, 3.8) is 0 Å². The predicted molar refractivity (Wildman–Crippen MR) is 41.9 cm³/mol. The minimum Gasteiger partial charge on any atom is -0.315 e. The molecule has 0 aromatic rings. The minimum absolute atomic E-state index is 0.0902. The highest BCUT2D eigenvalue weighted by Gasteiger charge is 2.37. The van der Waals surface area contributed by atoms with E-state index in [1.165, 1.54) is 0 Å². The topological polar surface area (TPSA) is 65.3 Å². The van der Waals surface area contributed by atoms with Crippen molar-refractivity contribution in [3.8, 4) is 0 Å². The van der Waals surface area contributed by atoms with Crippen molar-refractivity contribution in [1.29, 1.82) is 0 Å². The van der Waals surface area contributed by atoms with Gasteiger partial charge in [0.1, 0.15) is 0 Å². The number of rotatable bonds is 0. The van der Waals surface area contributed by atoms with Crippen molar-refractivity contribution in [1.82, 2.24) is 21.1 Å². The van der Waals surface area contributed by atoms with Crippen LogP contribution in [0.2, 0.25) is 0 Å². The Kier molecular flexibility index (Phi) is 1.82. The molecule has 0 aromatic carbocycles. The highest BCUT2D eigenvalue weighted by molar-refractivity contribution is 4.87. The molecule has 0 radical (unpaired) electrons. The van der Waals surface area contributed by atoms with Crippen LogP contribution < -0.4 is 21.8 Å². The van der Waals surface area contributed by atoms with Crippen molar-refractivity contribution in [2.45, 2.75) is 19.3 Å². The van der Waals surface area contributed by atoms with E-state index in [2.05, 4.69) is 28.0 Å². The zero-order valence-electron chi connectivity index (χ0n) is 6.67. The molecule has 2 heterocycles. The highest BCUT2D eigenvalue weighted by Crippen LogP contribution is 2.16. The highest BCUT2D eigenvalue weighted by atomic mass is 15.7. The van der Waals surface area contributed by atoms with E-state index in [0.717, 1.165) is 13.3 Å². The molecular weight excluding hydrogens is 142 g/mol. The molecule has 2 aliphatic rings. The van der Waals surface area contributed by atoms with Gasteiger partial charge in [0.2, 0.25) is 0 Å². The zero-order chi connectivity index (χ0) is 7.84. The normalized spacial score (nSPS) is 45.8. The van der Waals surface area contributed by atoms with Crippen molar-refractivity contribution < 1.29 is 0 Å². The maximum Gasteiger partial charge on any atom is 0.0811 e. The molecule has 3 atom stereocenters. The second-order valence-corrected chi connectivity index (χ2v) is 3.22. The Labute approximate surface area is 66.3 Å². The molecule has 2 rings (SSSR count). The molecule has 0 saturated carbocycles. The first-order valence-electron chi connectivity index (χ1n) is 4.01. The molecule has 2 aliphatic heterocycles. The number of fused-ring (bicyclic) bond motifs is 1. The Bertz CT molecular complexity index is 150. The first-order chi connectivity index (χ1) is 5.29. The van der Waals surface area contributed by atoms with Gasteiger partial charge < -0.3 is 5.73 Å². The van der Waals surface area contributed by atoms with Gasteiger partial charge in [0.05, 0.1) is 19.0 Å². The molecule has 2 saturated heterocycles. The fourth-order valence-corrected chi connectivity index (χ4v) is 1.66. The Hall–Kier alpha value is -0.200. The summed E-state index contributed by atoms with van der Waals surface area (Å²) in [5.41, 5.74) is 9.01. The van der Waals surface area contributed by atoms with Gasteiger partial charge in [-0.15, -0.1) is 0 Å². The van der Waals surface area contributed by atoms with E-state index in [1.807, 2.05) is 0 Å². The fourth-order valence-electron chi connectivity index (χ4n) is 1.66. The van der Waals surface area contributed by atoms with Crippen LogP contribution in [0.25, 0.3) is 0 Å². The first kappa shape index (κ1) is 7.45. The average molecular weight is 157 g/mol. The van der Waals surface area contributed by atoms with Crippen LogP contribution in [0.3, 0.4) is 0 Å². The van der Waals surface area contributed by atoms with Crippen LogP contribution in [0.4, 0.5) is 0 Å². The Morgan fingerprint density at radius 2 is 2.36 bits per heavy atom. The van der Waals surface area contributed by atoms with E-state index < -0.39 is 0 Å². The van der Waals surface area contributed by atoms with E-state index >= 15 is 0 Å². The third-order valence-electron chi connectivity index (χ3n) is 2.43. The third-order valence-corrected chi connectivity index (χ3v) is 2.43. The van der Waals surface area contributed by atoms with E-state index in [-0.39, 0.29) is 6.17 Å². The number of hydrogen-bond donors (Lipinski definition) is 4. The molecular formula is C6H15N5. The van der Waals surface area contributed by atoms with Gasteiger partial charge in [-0.25, -0.2) is 10.4 Å². The largest absolute Gasteiger partial charge is 0.315 e. The lowest BCUT2D eigenvalue weighted by Gasteiger charge is -2.31. The summed E-state index contributed by atoms with van der Waals surface area (Å²) in [6.45, 7) is 3.90. The number of hydrogen-bond acceptors (Lipinski definition) is 5. The summed E-state index contributed by atoms with van der Waals surface area (Å²) in [4.78, 5) is 0. The molecule has 64 valence electrons. The van der Waals surface area contributed by atoms with Crippen LogP contribution >= 0.6 is 0 Å². The summed E-state index contributed by atoms with van der Waals surface area (Å²) in [6.07, 6.45) is 0.485. The molecule has 5 heteroatoms. The molecule has 11 heavy (non-hydrogen) atoms. The van der Waals surface area contributed by atoms with Crippen molar-refractivity contribution in [3.05, 3.63) is 0 Å². The smallest absolute Gasteiger partial charge is 0.0811 e. The Morgan fingerprint density at radius 3 is 3.09 bits per heavy atom. The van der Waals surface area contributed by atoms with Crippen LogP contribution in [0.15, 0.2) is 0 Å². The molecule has 0 amide bonds. The van der Waals surface area contributed by atoms with Gasteiger partial charge in [0.25, 0.3) is 0 Å². The number of nitrogens with zero attached hydrogens (tertiary/aromatic N) is 1. The van der Waals surface area contributed by atoms with Gasteiger partial charge in [-0.1, -0.05) is 6.92 Å². The van der Waals surface area contributed by atoms with Crippen molar-refractivity contribution in [2.75, 3.05) is 13.3 Å². The summed E-state index contributed by atoms with van der Waals surface area (Å²) in [6, 6.07) is 0. The SMILES string of the molecule is CC1C(N)NN2CNCNC12. The molecule has 0 aromatic heterocycles. The number of nitrogens with two attached hydrogens (primary N) is 1. The van der Waals surface area contributed by atoms with Gasteiger partial charge in [0, 0.05) is 12.6 Å². The summed E-state index contributed by atoms with van der Waals surface area (Å²) in [5, 5.41) is 8.64.